The molecule has 0 spiro atoms. The van der Waals surface area contributed by atoms with Crippen LogP contribution in [-0.2, 0) is 6.18 Å². The molecular weight excluding hydrogens is 259 g/mol. The number of methoxy groups -OCH3 is 1. The van der Waals surface area contributed by atoms with Crippen molar-refractivity contribution in [2.45, 2.75) is 12.3 Å². The van der Waals surface area contributed by atoms with Crippen LogP contribution in [0.15, 0.2) is 12.1 Å². The molecule has 7 heteroatoms. The molecular formula is C10H11ClF3NO2. The van der Waals surface area contributed by atoms with Crippen molar-refractivity contribution in [3.63, 3.8) is 0 Å². The predicted molar refractivity (Wildman–Crippen MR) is 57.0 cm³/mol. The van der Waals surface area contributed by atoms with Crippen LogP contribution in [0.5, 0.6) is 5.75 Å². The van der Waals surface area contributed by atoms with E-state index in [0.29, 0.717) is 0 Å². The van der Waals surface area contributed by atoms with Crippen LogP contribution in [0.25, 0.3) is 0 Å². The topological polar surface area (TPSA) is 55.5 Å². The second kappa shape index (κ2) is 5.12. The summed E-state index contributed by atoms with van der Waals surface area (Å²) in [7, 11) is 1.09. The first-order valence-electron chi connectivity index (χ1n) is 4.64. The minimum Gasteiger partial charge on any atom is -0.495 e. The van der Waals surface area contributed by atoms with Crippen molar-refractivity contribution in [3.05, 3.63) is 28.3 Å². The second-order valence-corrected chi connectivity index (χ2v) is 3.74. The molecule has 96 valence electrons. The number of alkyl halides is 3. The van der Waals surface area contributed by atoms with Gasteiger partial charge in [-0.15, -0.1) is 0 Å². The Morgan fingerprint density at radius 3 is 2.47 bits per heavy atom. The summed E-state index contributed by atoms with van der Waals surface area (Å²) in [6, 6.07) is 1.98. The minimum absolute atomic E-state index is 0.00521. The van der Waals surface area contributed by atoms with Gasteiger partial charge in [0.1, 0.15) is 5.75 Å². The van der Waals surface area contributed by atoms with Gasteiger partial charge in [-0.1, -0.05) is 11.6 Å². The molecule has 1 aromatic carbocycles. The highest BCUT2D eigenvalue weighted by atomic mass is 35.5. The second-order valence-electron chi connectivity index (χ2n) is 3.33. The molecule has 0 saturated carbocycles. The maximum atomic E-state index is 12.7. The van der Waals surface area contributed by atoms with Gasteiger partial charge < -0.3 is 15.6 Å². The van der Waals surface area contributed by atoms with E-state index in [4.69, 9.17) is 17.3 Å². The lowest BCUT2D eigenvalue weighted by atomic mass is 10.0. The van der Waals surface area contributed by atoms with Crippen LogP contribution in [0.1, 0.15) is 17.2 Å². The SMILES string of the molecule is COc1c(Cl)cc(C(O)CN)cc1C(F)(F)F. The van der Waals surface area contributed by atoms with Crippen molar-refractivity contribution < 1.29 is 23.0 Å². The number of aliphatic hydroxyl groups is 1. The Morgan fingerprint density at radius 1 is 1.47 bits per heavy atom. The molecule has 0 aliphatic rings. The molecule has 3 nitrogen and oxygen atoms in total. The van der Waals surface area contributed by atoms with Gasteiger partial charge in [0.25, 0.3) is 0 Å². The summed E-state index contributed by atoms with van der Waals surface area (Å²) in [6.45, 7) is -0.194. The van der Waals surface area contributed by atoms with E-state index in [9.17, 15) is 18.3 Å². The Hall–Kier alpha value is -0.980. The van der Waals surface area contributed by atoms with Crippen LogP contribution in [0.2, 0.25) is 5.02 Å². The summed E-state index contributed by atoms with van der Waals surface area (Å²) in [5.41, 5.74) is 4.15. The lowest BCUT2D eigenvalue weighted by molar-refractivity contribution is -0.138. The van der Waals surface area contributed by atoms with E-state index in [-0.39, 0.29) is 17.1 Å². The van der Waals surface area contributed by atoms with Crippen molar-refractivity contribution >= 4 is 11.6 Å². The summed E-state index contributed by atoms with van der Waals surface area (Å²) in [5, 5.41) is 9.20. The maximum Gasteiger partial charge on any atom is 0.420 e. The number of aliphatic hydroxyl groups excluding tert-OH is 1. The van der Waals surface area contributed by atoms with Gasteiger partial charge in [-0.25, -0.2) is 0 Å². The van der Waals surface area contributed by atoms with Gasteiger partial charge in [0.15, 0.2) is 0 Å². The average Bonchev–Trinajstić information content (AvgIpc) is 2.25. The molecule has 0 aromatic heterocycles. The van der Waals surface area contributed by atoms with Crippen molar-refractivity contribution in [2.75, 3.05) is 13.7 Å². The molecule has 0 amide bonds. The fraction of sp³-hybridized carbons (Fsp3) is 0.400. The normalized spacial score (nSPS) is 13.6. The molecule has 3 N–H and O–H groups in total. The number of hydrogen-bond donors (Lipinski definition) is 2. The van der Waals surface area contributed by atoms with Crippen molar-refractivity contribution in [3.8, 4) is 5.75 Å². The summed E-state index contributed by atoms with van der Waals surface area (Å²) >= 11 is 5.66. The molecule has 17 heavy (non-hydrogen) atoms. The Balaban J connectivity index is 3.39. The van der Waals surface area contributed by atoms with Gasteiger partial charge in [-0.05, 0) is 17.7 Å². The zero-order valence-corrected chi connectivity index (χ0v) is 9.64. The molecule has 0 bridgehead atoms. The highest BCUT2D eigenvalue weighted by Gasteiger charge is 2.36. The minimum atomic E-state index is -4.61. The van der Waals surface area contributed by atoms with E-state index in [2.05, 4.69) is 4.74 Å². The van der Waals surface area contributed by atoms with Crippen molar-refractivity contribution in [2.24, 2.45) is 5.73 Å². The van der Waals surface area contributed by atoms with Gasteiger partial charge in [-0.2, -0.15) is 13.2 Å². The smallest absolute Gasteiger partial charge is 0.420 e. The highest BCUT2D eigenvalue weighted by molar-refractivity contribution is 6.32. The van der Waals surface area contributed by atoms with E-state index in [1.54, 1.807) is 0 Å². The summed E-state index contributed by atoms with van der Waals surface area (Å²) in [5.74, 6) is -0.466. The van der Waals surface area contributed by atoms with Gasteiger partial charge >= 0.3 is 6.18 Å². The number of benzene rings is 1. The monoisotopic (exact) mass is 269 g/mol. The van der Waals surface area contributed by atoms with Crippen LogP contribution in [-0.4, -0.2) is 18.8 Å². The third-order valence-electron chi connectivity index (χ3n) is 2.18. The summed E-state index contributed by atoms with van der Waals surface area (Å²) in [4.78, 5) is 0. The van der Waals surface area contributed by atoms with Crippen molar-refractivity contribution in [1.29, 1.82) is 0 Å². The summed E-state index contributed by atoms with van der Waals surface area (Å²) < 4.78 is 42.7. The third-order valence-corrected chi connectivity index (χ3v) is 2.46. The number of nitrogens with two attached hydrogens (primary N) is 1. The van der Waals surface area contributed by atoms with Gasteiger partial charge in [0.2, 0.25) is 0 Å². The zero-order valence-electron chi connectivity index (χ0n) is 8.88. The molecule has 0 heterocycles. The molecule has 1 aromatic rings. The molecule has 0 radical (unpaired) electrons. The molecule has 1 rings (SSSR count). The van der Waals surface area contributed by atoms with Crippen LogP contribution in [0.4, 0.5) is 13.2 Å². The first-order chi connectivity index (χ1) is 7.81. The zero-order chi connectivity index (χ0) is 13.2. The Bertz CT molecular complexity index is 409. The lowest BCUT2D eigenvalue weighted by Gasteiger charge is -2.17. The van der Waals surface area contributed by atoms with Gasteiger partial charge in [0, 0.05) is 6.54 Å². The fourth-order valence-corrected chi connectivity index (χ4v) is 1.67. The highest BCUT2D eigenvalue weighted by Crippen LogP contribution is 2.41. The molecule has 1 unspecified atom stereocenters. The van der Waals surface area contributed by atoms with Gasteiger partial charge in [-0.3, -0.25) is 0 Å². The number of ether oxygens (including phenoxy) is 1. The van der Waals surface area contributed by atoms with E-state index >= 15 is 0 Å². The molecule has 0 aliphatic heterocycles. The molecule has 0 aliphatic carbocycles. The van der Waals surface area contributed by atoms with E-state index < -0.39 is 23.6 Å². The predicted octanol–water partition coefficient (Wildman–Crippen LogP) is 2.36. The van der Waals surface area contributed by atoms with Crippen molar-refractivity contribution in [1.82, 2.24) is 0 Å². The van der Waals surface area contributed by atoms with Crippen LogP contribution in [0.3, 0.4) is 0 Å². The number of rotatable bonds is 3. The molecule has 0 saturated heterocycles. The average molecular weight is 270 g/mol. The Kier molecular flexibility index (Phi) is 4.24. The van der Waals surface area contributed by atoms with E-state index in [1.807, 2.05) is 0 Å². The first-order valence-corrected chi connectivity index (χ1v) is 5.01. The fourth-order valence-electron chi connectivity index (χ4n) is 1.36. The quantitative estimate of drug-likeness (QED) is 0.886. The first kappa shape index (κ1) is 14.1. The van der Waals surface area contributed by atoms with E-state index in [1.165, 1.54) is 6.07 Å². The lowest BCUT2D eigenvalue weighted by Crippen LogP contribution is -2.14. The number of hydrogen-bond acceptors (Lipinski definition) is 3. The Labute approximate surface area is 101 Å². The standard InChI is InChI=1S/C10H11ClF3NO2/c1-17-9-6(10(12,13)14)2-5(3-7(9)11)8(16)4-15/h2-3,8,16H,4,15H2,1H3. The van der Waals surface area contributed by atoms with Gasteiger partial charge in [0.05, 0.1) is 23.8 Å². The maximum absolute atomic E-state index is 12.7. The van der Waals surface area contributed by atoms with Crippen LogP contribution in [0, 0.1) is 0 Å². The third kappa shape index (κ3) is 3.02. The largest absolute Gasteiger partial charge is 0.495 e. The van der Waals surface area contributed by atoms with Crippen LogP contribution >= 0.6 is 11.6 Å². The summed E-state index contributed by atoms with van der Waals surface area (Å²) in [6.07, 6.45) is -5.81. The van der Waals surface area contributed by atoms with Crippen LogP contribution < -0.4 is 10.5 Å². The molecule has 1 atom stereocenters. The van der Waals surface area contributed by atoms with E-state index in [0.717, 1.165) is 13.2 Å². The Morgan fingerprint density at radius 2 is 2.06 bits per heavy atom. The number of halogens is 4. The molecule has 0 fully saturated rings.